The first-order chi connectivity index (χ1) is 8.65. The van der Waals surface area contributed by atoms with Gasteiger partial charge in [-0.15, -0.1) is 11.3 Å². The van der Waals surface area contributed by atoms with Gasteiger partial charge < -0.3 is 5.32 Å². The van der Waals surface area contributed by atoms with Crippen LogP contribution in [0.4, 0.5) is 4.39 Å². The summed E-state index contributed by atoms with van der Waals surface area (Å²) in [4.78, 5) is 1.34. The van der Waals surface area contributed by atoms with Crippen molar-refractivity contribution in [3.05, 3.63) is 55.4 Å². The molecule has 2 aromatic rings. The highest BCUT2D eigenvalue weighted by Crippen LogP contribution is 2.22. The molecule has 0 radical (unpaired) electrons. The molecule has 0 fully saturated rings. The van der Waals surface area contributed by atoms with Gasteiger partial charge in [0.05, 0.1) is 8.81 Å². The average molecular weight is 349 g/mol. The zero-order chi connectivity index (χ0) is 13.0. The predicted octanol–water partition coefficient (Wildman–Crippen LogP) is 4.64. The van der Waals surface area contributed by atoms with Crippen LogP contribution in [0.3, 0.4) is 0 Å². The van der Waals surface area contributed by atoms with Gasteiger partial charge >= 0.3 is 0 Å². The van der Waals surface area contributed by atoms with Crippen LogP contribution in [0.5, 0.6) is 0 Å². The fourth-order valence-electron chi connectivity index (χ4n) is 1.58. The Labute approximate surface area is 123 Å². The van der Waals surface area contributed by atoms with Gasteiger partial charge in [-0.2, -0.15) is 0 Å². The van der Waals surface area contributed by atoms with Gasteiger partial charge in [0.25, 0.3) is 0 Å². The number of nitrogens with one attached hydrogen (secondary N) is 1. The minimum absolute atomic E-state index is 0.177. The smallest absolute Gasteiger partial charge is 0.141 e. The normalized spacial score (nSPS) is 10.8. The number of thiophene rings is 1. The molecular weight excluding hydrogens is 337 g/mol. The number of hydrogen-bond acceptors (Lipinski definition) is 2. The van der Waals surface area contributed by atoms with E-state index in [0.717, 1.165) is 22.3 Å². The summed E-state index contributed by atoms with van der Waals surface area (Å²) >= 11 is 10.9. The second-order valence-electron chi connectivity index (χ2n) is 3.88. The van der Waals surface area contributed by atoms with Crippen LogP contribution in [0.25, 0.3) is 0 Å². The van der Waals surface area contributed by atoms with Crippen LogP contribution in [0.1, 0.15) is 10.4 Å². The van der Waals surface area contributed by atoms with Crippen molar-refractivity contribution in [2.75, 3.05) is 6.54 Å². The molecule has 0 amide bonds. The third-order valence-electron chi connectivity index (χ3n) is 2.49. The molecule has 2 rings (SSSR count). The Morgan fingerprint density at radius 1 is 1.28 bits per heavy atom. The SMILES string of the molecule is Fc1ccc(CNCCc2ccc(Br)s2)cc1Cl. The van der Waals surface area contributed by atoms with E-state index in [-0.39, 0.29) is 10.8 Å². The van der Waals surface area contributed by atoms with Gasteiger partial charge in [0.2, 0.25) is 0 Å². The molecule has 0 aliphatic carbocycles. The molecule has 0 spiro atoms. The maximum atomic E-state index is 13.0. The fraction of sp³-hybridized carbons (Fsp3) is 0.231. The second-order valence-corrected chi connectivity index (χ2v) is 6.84. The van der Waals surface area contributed by atoms with Crippen LogP contribution >= 0.6 is 38.9 Å². The van der Waals surface area contributed by atoms with E-state index in [0.29, 0.717) is 6.54 Å². The minimum Gasteiger partial charge on any atom is -0.312 e. The van der Waals surface area contributed by atoms with Gasteiger partial charge in [-0.1, -0.05) is 17.7 Å². The van der Waals surface area contributed by atoms with Crippen LogP contribution < -0.4 is 5.32 Å². The van der Waals surface area contributed by atoms with E-state index in [2.05, 4.69) is 33.4 Å². The lowest BCUT2D eigenvalue weighted by Crippen LogP contribution is -2.16. The Bertz CT molecular complexity index is 529. The molecule has 1 aromatic carbocycles. The highest BCUT2D eigenvalue weighted by molar-refractivity contribution is 9.11. The van der Waals surface area contributed by atoms with Crippen molar-refractivity contribution in [3.8, 4) is 0 Å². The molecular formula is C13H12BrClFNS. The maximum absolute atomic E-state index is 13.0. The van der Waals surface area contributed by atoms with Crippen LogP contribution in [-0.2, 0) is 13.0 Å². The van der Waals surface area contributed by atoms with E-state index in [1.807, 2.05) is 0 Å². The molecule has 0 atom stereocenters. The topological polar surface area (TPSA) is 12.0 Å². The van der Waals surface area contributed by atoms with E-state index < -0.39 is 0 Å². The zero-order valence-electron chi connectivity index (χ0n) is 9.55. The Balaban J connectivity index is 1.76. The summed E-state index contributed by atoms with van der Waals surface area (Å²) in [6.07, 6.45) is 0.991. The van der Waals surface area contributed by atoms with Crippen molar-refractivity contribution in [3.63, 3.8) is 0 Å². The lowest BCUT2D eigenvalue weighted by molar-refractivity contribution is 0.625. The lowest BCUT2D eigenvalue weighted by Gasteiger charge is -2.05. The summed E-state index contributed by atoms with van der Waals surface area (Å²) < 4.78 is 14.1. The summed E-state index contributed by atoms with van der Waals surface area (Å²) in [6, 6.07) is 8.97. The summed E-state index contributed by atoms with van der Waals surface area (Å²) in [7, 11) is 0. The molecule has 96 valence electrons. The minimum atomic E-state index is -0.371. The largest absolute Gasteiger partial charge is 0.312 e. The molecule has 5 heteroatoms. The number of hydrogen-bond donors (Lipinski definition) is 1. The fourth-order valence-corrected chi connectivity index (χ4v) is 3.27. The Hall–Kier alpha value is -0.420. The quantitative estimate of drug-likeness (QED) is 0.777. The van der Waals surface area contributed by atoms with Gasteiger partial charge in [0.15, 0.2) is 0 Å². The summed E-state index contributed by atoms with van der Waals surface area (Å²) in [5, 5.41) is 3.49. The molecule has 0 bridgehead atoms. The van der Waals surface area contributed by atoms with E-state index >= 15 is 0 Å². The van der Waals surface area contributed by atoms with Crippen LogP contribution in [0.15, 0.2) is 34.1 Å². The van der Waals surface area contributed by atoms with Gasteiger partial charge in [-0.25, -0.2) is 4.39 Å². The van der Waals surface area contributed by atoms with E-state index in [1.54, 1.807) is 23.5 Å². The number of rotatable bonds is 5. The van der Waals surface area contributed by atoms with Crippen molar-refractivity contribution < 1.29 is 4.39 Å². The van der Waals surface area contributed by atoms with Crippen LogP contribution in [0.2, 0.25) is 5.02 Å². The third-order valence-corrected chi connectivity index (χ3v) is 4.46. The number of benzene rings is 1. The van der Waals surface area contributed by atoms with Crippen molar-refractivity contribution >= 4 is 38.9 Å². The van der Waals surface area contributed by atoms with Crippen molar-refractivity contribution in [1.82, 2.24) is 5.32 Å². The van der Waals surface area contributed by atoms with Crippen LogP contribution in [0, 0.1) is 5.82 Å². The summed E-state index contributed by atoms with van der Waals surface area (Å²) in [5.74, 6) is -0.371. The lowest BCUT2D eigenvalue weighted by atomic mass is 10.2. The van der Waals surface area contributed by atoms with E-state index in [4.69, 9.17) is 11.6 Å². The third kappa shape index (κ3) is 4.05. The Kier molecular flexibility index (Phi) is 5.18. The van der Waals surface area contributed by atoms with Gasteiger partial charge in [0, 0.05) is 18.0 Å². The molecule has 0 aliphatic heterocycles. The van der Waals surface area contributed by atoms with Gasteiger partial charge in [-0.3, -0.25) is 0 Å². The molecule has 0 aliphatic rings. The molecule has 0 saturated carbocycles. The standard InChI is InChI=1S/C13H12BrClFNS/c14-13-4-2-10(18-13)5-6-17-8-9-1-3-12(16)11(15)7-9/h1-4,7,17H,5-6,8H2. The highest BCUT2D eigenvalue weighted by Gasteiger charge is 2.01. The molecule has 18 heavy (non-hydrogen) atoms. The molecule has 1 heterocycles. The van der Waals surface area contributed by atoms with E-state index in [1.165, 1.54) is 10.9 Å². The van der Waals surface area contributed by atoms with Crippen molar-refractivity contribution in [1.29, 1.82) is 0 Å². The van der Waals surface area contributed by atoms with Gasteiger partial charge in [0.1, 0.15) is 5.82 Å². The molecule has 1 aromatic heterocycles. The maximum Gasteiger partial charge on any atom is 0.141 e. The van der Waals surface area contributed by atoms with Gasteiger partial charge in [-0.05, 0) is 52.2 Å². The van der Waals surface area contributed by atoms with Crippen LogP contribution in [-0.4, -0.2) is 6.54 Å². The first kappa shape index (κ1) is 14.0. The highest BCUT2D eigenvalue weighted by atomic mass is 79.9. The monoisotopic (exact) mass is 347 g/mol. The van der Waals surface area contributed by atoms with E-state index in [9.17, 15) is 4.39 Å². The number of halogens is 3. The Morgan fingerprint density at radius 3 is 2.78 bits per heavy atom. The first-order valence-corrected chi connectivity index (χ1v) is 7.53. The molecule has 1 nitrogen and oxygen atoms in total. The first-order valence-electron chi connectivity index (χ1n) is 5.54. The molecule has 1 N–H and O–H groups in total. The van der Waals surface area contributed by atoms with Crippen molar-refractivity contribution in [2.45, 2.75) is 13.0 Å². The van der Waals surface area contributed by atoms with Crippen molar-refractivity contribution in [2.24, 2.45) is 0 Å². The summed E-state index contributed by atoms with van der Waals surface area (Å²) in [5.41, 5.74) is 0.994. The zero-order valence-corrected chi connectivity index (χ0v) is 12.7. The Morgan fingerprint density at radius 2 is 2.11 bits per heavy atom. The predicted molar refractivity (Wildman–Crippen MR) is 78.8 cm³/mol. The molecule has 0 unspecified atom stereocenters. The second kappa shape index (κ2) is 6.66. The average Bonchev–Trinajstić information content (AvgIpc) is 2.75. The summed E-state index contributed by atoms with van der Waals surface area (Å²) in [6.45, 7) is 1.59. The molecule has 0 saturated heterocycles.